The number of aryl methyl sites for hydroxylation is 1. The highest BCUT2D eigenvalue weighted by molar-refractivity contribution is 6.05. The molecule has 1 aliphatic carbocycles. The van der Waals surface area contributed by atoms with Gasteiger partial charge in [0.05, 0.1) is 0 Å². The van der Waals surface area contributed by atoms with E-state index < -0.39 is 0 Å². The van der Waals surface area contributed by atoms with Crippen molar-refractivity contribution in [2.45, 2.75) is 20.3 Å². The van der Waals surface area contributed by atoms with Gasteiger partial charge in [0.15, 0.2) is 0 Å². The van der Waals surface area contributed by atoms with Crippen LogP contribution in [0.5, 0.6) is 0 Å². The van der Waals surface area contributed by atoms with Gasteiger partial charge in [0.2, 0.25) is 5.91 Å². The van der Waals surface area contributed by atoms with Gasteiger partial charge in [-0.3, -0.25) is 9.59 Å². The van der Waals surface area contributed by atoms with Crippen molar-refractivity contribution in [3.05, 3.63) is 53.6 Å². The van der Waals surface area contributed by atoms with E-state index in [9.17, 15) is 9.59 Å². The van der Waals surface area contributed by atoms with Gasteiger partial charge in [0.1, 0.15) is 0 Å². The summed E-state index contributed by atoms with van der Waals surface area (Å²) in [6.07, 6.45) is 0.957. The molecule has 5 heteroatoms. The molecule has 2 amide bonds. The average molecular weight is 351 g/mol. The molecule has 2 aromatic carbocycles. The molecule has 2 aromatic rings. The molecule has 0 spiro atoms. The second kappa shape index (κ2) is 7.20. The van der Waals surface area contributed by atoms with Gasteiger partial charge in [0, 0.05) is 42.6 Å². The molecule has 2 unspecified atom stereocenters. The molecule has 26 heavy (non-hydrogen) atoms. The Morgan fingerprint density at radius 1 is 1.04 bits per heavy atom. The highest BCUT2D eigenvalue weighted by Gasteiger charge is 2.39. The van der Waals surface area contributed by atoms with E-state index in [0.29, 0.717) is 11.5 Å². The van der Waals surface area contributed by atoms with Crippen LogP contribution in [0.3, 0.4) is 0 Å². The van der Waals surface area contributed by atoms with Crippen molar-refractivity contribution >= 4 is 28.9 Å². The lowest BCUT2D eigenvalue weighted by atomic mass is 10.1. The van der Waals surface area contributed by atoms with E-state index in [0.717, 1.165) is 29.0 Å². The Bertz CT molecular complexity index is 828. The van der Waals surface area contributed by atoms with Crippen molar-refractivity contribution in [1.82, 2.24) is 0 Å². The van der Waals surface area contributed by atoms with Crippen LogP contribution in [0.15, 0.2) is 42.5 Å². The first-order chi connectivity index (χ1) is 12.3. The molecule has 136 valence electrons. The van der Waals surface area contributed by atoms with Gasteiger partial charge in [-0.25, -0.2) is 0 Å². The molecule has 3 rings (SSSR count). The number of nitrogens with one attached hydrogen (secondary N) is 2. The Kier molecular flexibility index (Phi) is 4.98. The van der Waals surface area contributed by atoms with Crippen LogP contribution >= 0.6 is 0 Å². The lowest BCUT2D eigenvalue weighted by molar-refractivity contribution is -0.117. The Hall–Kier alpha value is -2.82. The fraction of sp³-hybridized carbons (Fsp3) is 0.333. The molecular weight excluding hydrogens is 326 g/mol. The van der Waals surface area contributed by atoms with Crippen molar-refractivity contribution in [1.29, 1.82) is 0 Å². The van der Waals surface area contributed by atoms with E-state index >= 15 is 0 Å². The van der Waals surface area contributed by atoms with Crippen LogP contribution in [0.2, 0.25) is 0 Å². The maximum Gasteiger partial charge on any atom is 0.255 e. The summed E-state index contributed by atoms with van der Waals surface area (Å²) in [6, 6.07) is 12.9. The Labute approximate surface area is 154 Å². The summed E-state index contributed by atoms with van der Waals surface area (Å²) in [4.78, 5) is 26.5. The van der Waals surface area contributed by atoms with E-state index in [1.165, 1.54) is 0 Å². The highest BCUT2D eigenvalue weighted by Crippen LogP contribution is 2.38. The van der Waals surface area contributed by atoms with Gasteiger partial charge < -0.3 is 15.5 Å². The number of carbonyl (C=O) groups is 2. The topological polar surface area (TPSA) is 61.4 Å². The minimum atomic E-state index is -0.167. The summed E-state index contributed by atoms with van der Waals surface area (Å²) in [7, 11) is 3.97. The molecule has 0 aromatic heterocycles. The van der Waals surface area contributed by atoms with Crippen LogP contribution in [0.4, 0.5) is 17.1 Å². The summed E-state index contributed by atoms with van der Waals surface area (Å²) < 4.78 is 0. The van der Waals surface area contributed by atoms with Crippen LogP contribution in [-0.2, 0) is 4.79 Å². The first kappa shape index (κ1) is 18.0. The quantitative estimate of drug-likeness (QED) is 0.859. The number of hydrogen-bond donors (Lipinski definition) is 2. The highest BCUT2D eigenvalue weighted by atomic mass is 16.2. The zero-order valence-corrected chi connectivity index (χ0v) is 15.7. The van der Waals surface area contributed by atoms with Crippen LogP contribution in [-0.4, -0.2) is 25.9 Å². The number of rotatable bonds is 5. The van der Waals surface area contributed by atoms with Gasteiger partial charge in [-0.05, 0) is 67.3 Å². The fourth-order valence-electron chi connectivity index (χ4n) is 2.89. The van der Waals surface area contributed by atoms with E-state index in [2.05, 4.69) is 17.6 Å². The number of amides is 2. The third-order valence-electron chi connectivity index (χ3n) is 4.84. The minimum absolute atomic E-state index is 0.0614. The van der Waals surface area contributed by atoms with E-state index in [4.69, 9.17) is 0 Å². The van der Waals surface area contributed by atoms with Gasteiger partial charge >= 0.3 is 0 Å². The van der Waals surface area contributed by atoms with Crippen molar-refractivity contribution in [2.24, 2.45) is 11.8 Å². The molecule has 0 radical (unpaired) electrons. The van der Waals surface area contributed by atoms with Gasteiger partial charge in [-0.2, -0.15) is 0 Å². The van der Waals surface area contributed by atoms with Gasteiger partial charge in [0.25, 0.3) is 5.91 Å². The molecule has 0 heterocycles. The van der Waals surface area contributed by atoms with E-state index in [1.807, 2.05) is 44.1 Å². The first-order valence-corrected chi connectivity index (χ1v) is 8.85. The molecule has 2 atom stereocenters. The molecule has 1 saturated carbocycles. The van der Waals surface area contributed by atoms with Crippen molar-refractivity contribution < 1.29 is 9.59 Å². The van der Waals surface area contributed by atoms with Crippen molar-refractivity contribution in [3.8, 4) is 0 Å². The predicted octanol–water partition coefficient (Wildman–Crippen LogP) is 3.91. The summed E-state index contributed by atoms with van der Waals surface area (Å²) in [5.74, 6) is 0.499. The van der Waals surface area contributed by atoms with Crippen molar-refractivity contribution in [3.63, 3.8) is 0 Å². The summed E-state index contributed by atoms with van der Waals surface area (Å²) in [5, 5.41) is 5.84. The average Bonchev–Trinajstić information content (AvgIpc) is 3.34. The zero-order chi connectivity index (χ0) is 18.8. The van der Waals surface area contributed by atoms with Gasteiger partial charge in [-0.1, -0.05) is 6.92 Å². The predicted molar refractivity (Wildman–Crippen MR) is 106 cm³/mol. The number of anilines is 3. The zero-order valence-electron chi connectivity index (χ0n) is 15.7. The van der Waals surface area contributed by atoms with Crippen LogP contribution in [0.1, 0.15) is 29.3 Å². The van der Waals surface area contributed by atoms with Crippen LogP contribution in [0.25, 0.3) is 0 Å². The maximum absolute atomic E-state index is 12.5. The Morgan fingerprint density at radius 2 is 1.69 bits per heavy atom. The van der Waals surface area contributed by atoms with Gasteiger partial charge in [-0.15, -0.1) is 0 Å². The second-order valence-electron chi connectivity index (χ2n) is 7.23. The molecule has 5 nitrogen and oxygen atoms in total. The Morgan fingerprint density at radius 3 is 2.23 bits per heavy atom. The minimum Gasteiger partial charge on any atom is -0.378 e. The number of hydrogen-bond acceptors (Lipinski definition) is 3. The Balaban J connectivity index is 1.64. The van der Waals surface area contributed by atoms with Crippen molar-refractivity contribution in [2.75, 3.05) is 29.6 Å². The largest absolute Gasteiger partial charge is 0.378 e. The molecule has 0 aliphatic heterocycles. The maximum atomic E-state index is 12.5. The summed E-state index contributed by atoms with van der Waals surface area (Å²) >= 11 is 0. The molecular formula is C21H25N3O2. The summed E-state index contributed by atoms with van der Waals surface area (Å²) in [5.41, 5.74) is 4.16. The fourth-order valence-corrected chi connectivity index (χ4v) is 2.89. The van der Waals surface area contributed by atoms with Crippen LogP contribution < -0.4 is 15.5 Å². The third kappa shape index (κ3) is 4.04. The normalized spacial score (nSPS) is 18.2. The molecule has 1 fully saturated rings. The van der Waals surface area contributed by atoms with E-state index in [1.54, 1.807) is 24.3 Å². The number of nitrogens with zero attached hydrogens (tertiary/aromatic N) is 1. The third-order valence-corrected chi connectivity index (χ3v) is 4.84. The monoisotopic (exact) mass is 351 g/mol. The lowest BCUT2D eigenvalue weighted by Gasteiger charge is -2.15. The van der Waals surface area contributed by atoms with E-state index in [-0.39, 0.29) is 17.7 Å². The second-order valence-corrected chi connectivity index (χ2v) is 7.23. The lowest BCUT2D eigenvalue weighted by Crippen LogP contribution is -2.15. The standard InChI is InChI=1S/C21H25N3O2/c1-13-12-18(13)21(26)22-16-7-5-15(6-8-16)20(25)23-19-10-9-17(24(3)4)11-14(19)2/h5-11,13,18H,12H2,1-4H3,(H,22,26)(H,23,25). The molecule has 0 saturated heterocycles. The number of carbonyl (C=O) groups excluding carboxylic acids is 2. The molecule has 2 N–H and O–H groups in total. The molecule has 0 bridgehead atoms. The smallest absolute Gasteiger partial charge is 0.255 e. The summed E-state index contributed by atoms with van der Waals surface area (Å²) in [6.45, 7) is 4.05. The SMILES string of the molecule is Cc1cc(N(C)C)ccc1NC(=O)c1ccc(NC(=O)C2CC2C)cc1. The first-order valence-electron chi connectivity index (χ1n) is 8.85. The van der Waals surface area contributed by atoms with Crippen LogP contribution in [0, 0.1) is 18.8 Å². The molecule has 1 aliphatic rings. The number of benzene rings is 2.